The molecule has 0 spiro atoms. The molecule has 160 valence electrons. The lowest BCUT2D eigenvalue weighted by atomic mass is 10.2. The first-order valence-electron chi connectivity index (χ1n) is 10.1. The minimum atomic E-state index is -0.230. The summed E-state index contributed by atoms with van der Waals surface area (Å²) in [5.74, 6) is 0.274. The molecule has 1 aromatic carbocycles. The van der Waals surface area contributed by atoms with Crippen LogP contribution in [0, 0.1) is 6.92 Å². The van der Waals surface area contributed by atoms with Crippen LogP contribution >= 0.6 is 11.3 Å². The maximum Gasteiger partial charge on any atom is 0.264 e. The van der Waals surface area contributed by atoms with E-state index in [1.165, 1.54) is 11.3 Å². The van der Waals surface area contributed by atoms with Crippen molar-refractivity contribution in [3.63, 3.8) is 0 Å². The van der Waals surface area contributed by atoms with Crippen molar-refractivity contribution in [2.75, 3.05) is 6.54 Å². The monoisotopic (exact) mass is 436 g/mol. The van der Waals surface area contributed by atoms with Crippen LogP contribution in [0.1, 0.15) is 35.0 Å². The maximum atomic E-state index is 13.3. The highest BCUT2D eigenvalue weighted by Crippen LogP contribution is 2.31. The van der Waals surface area contributed by atoms with Crippen LogP contribution in [0.5, 0.6) is 0 Å². The molecule has 2 amide bonds. The number of nitrogens with one attached hydrogen (secondary N) is 1. The van der Waals surface area contributed by atoms with Gasteiger partial charge in [0, 0.05) is 11.4 Å². The number of carbonyl (C=O) groups excluding carboxylic acids is 2. The van der Waals surface area contributed by atoms with E-state index in [1.807, 2.05) is 61.9 Å². The SMILES string of the molecule is Cc1nn(-c2ccccc2)c2sc(C(=O)N(CC(=O)NCc3ccco3)C(C)C)cc12. The molecule has 8 heteroatoms. The Balaban J connectivity index is 1.55. The number of aryl methyl sites for hydroxylation is 1. The zero-order valence-corrected chi connectivity index (χ0v) is 18.5. The summed E-state index contributed by atoms with van der Waals surface area (Å²) in [6, 6.07) is 15.1. The molecule has 1 N–H and O–H groups in total. The maximum absolute atomic E-state index is 13.3. The van der Waals surface area contributed by atoms with Gasteiger partial charge in [0.05, 0.1) is 29.1 Å². The summed E-state index contributed by atoms with van der Waals surface area (Å²) in [5, 5.41) is 8.37. The van der Waals surface area contributed by atoms with E-state index in [4.69, 9.17) is 4.42 Å². The summed E-state index contributed by atoms with van der Waals surface area (Å²) >= 11 is 1.39. The van der Waals surface area contributed by atoms with Gasteiger partial charge in [-0.15, -0.1) is 11.3 Å². The summed E-state index contributed by atoms with van der Waals surface area (Å²) in [5.41, 5.74) is 1.81. The van der Waals surface area contributed by atoms with Gasteiger partial charge in [0.25, 0.3) is 5.91 Å². The first-order valence-corrected chi connectivity index (χ1v) is 10.9. The van der Waals surface area contributed by atoms with Crippen molar-refractivity contribution in [1.82, 2.24) is 20.0 Å². The predicted octanol–water partition coefficient (Wildman–Crippen LogP) is 4.16. The number of thiophene rings is 1. The largest absolute Gasteiger partial charge is 0.467 e. The van der Waals surface area contributed by atoms with E-state index in [-0.39, 0.29) is 24.4 Å². The van der Waals surface area contributed by atoms with Crippen LogP contribution in [0.4, 0.5) is 0 Å². The Morgan fingerprint density at radius 3 is 2.65 bits per heavy atom. The normalized spacial score (nSPS) is 11.2. The number of carbonyl (C=O) groups is 2. The van der Waals surface area contributed by atoms with Crippen LogP contribution in [0.15, 0.2) is 59.2 Å². The minimum absolute atomic E-state index is 0.0186. The summed E-state index contributed by atoms with van der Waals surface area (Å²) in [6.45, 7) is 6.02. The van der Waals surface area contributed by atoms with Crippen molar-refractivity contribution >= 4 is 33.4 Å². The highest BCUT2D eigenvalue weighted by Gasteiger charge is 2.25. The molecule has 0 unspecified atom stereocenters. The molecule has 0 fully saturated rings. The number of rotatable bonds is 7. The van der Waals surface area contributed by atoms with Crippen molar-refractivity contribution in [2.45, 2.75) is 33.4 Å². The van der Waals surface area contributed by atoms with E-state index in [9.17, 15) is 9.59 Å². The molecule has 3 aromatic heterocycles. The van der Waals surface area contributed by atoms with Crippen molar-refractivity contribution < 1.29 is 14.0 Å². The zero-order chi connectivity index (χ0) is 22.0. The van der Waals surface area contributed by atoms with E-state index in [2.05, 4.69) is 10.4 Å². The fourth-order valence-electron chi connectivity index (χ4n) is 3.34. The van der Waals surface area contributed by atoms with Crippen LogP contribution < -0.4 is 5.32 Å². The van der Waals surface area contributed by atoms with E-state index in [0.29, 0.717) is 17.2 Å². The molecule has 0 atom stereocenters. The number of hydrogen-bond donors (Lipinski definition) is 1. The second kappa shape index (κ2) is 8.77. The minimum Gasteiger partial charge on any atom is -0.467 e. The molecule has 0 aliphatic heterocycles. The number of para-hydroxylation sites is 1. The Labute approximate surface area is 184 Å². The number of hydrogen-bond acceptors (Lipinski definition) is 5. The van der Waals surface area contributed by atoms with Gasteiger partial charge in [-0.2, -0.15) is 5.10 Å². The van der Waals surface area contributed by atoms with Gasteiger partial charge in [-0.05, 0) is 51.1 Å². The lowest BCUT2D eigenvalue weighted by Crippen LogP contribution is -2.44. The van der Waals surface area contributed by atoms with Crippen LogP contribution in [-0.4, -0.2) is 39.1 Å². The van der Waals surface area contributed by atoms with Gasteiger partial charge in [-0.3, -0.25) is 9.59 Å². The standard InChI is InChI=1S/C23H24N4O3S/c1-15(2)26(14-21(28)24-13-18-10-7-11-30-18)22(29)20-12-19-16(3)25-27(23(19)31-20)17-8-5-4-6-9-17/h4-12,15H,13-14H2,1-3H3,(H,24,28). The molecular weight excluding hydrogens is 412 g/mol. The fraction of sp³-hybridized carbons (Fsp3) is 0.261. The molecule has 4 rings (SSSR count). The summed E-state index contributed by atoms with van der Waals surface area (Å²) in [7, 11) is 0. The van der Waals surface area contributed by atoms with E-state index < -0.39 is 0 Å². The lowest BCUT2D eigenvalue weighted by Gasteiger charge is -2.25. The number of furan rings is 1. The lowest BCUT2D eigenvalue weighted by molar-refractivity contribution is -0.122. The van der Waals surface area contributed by atoms with Gasteiger partial charge in [-0.25, -0.2) is 4.68 Å². The Hall–Kier alpha value is -3.39. The third-order valence-corrected chi connectivity index (χ3v) is 6.09. The fourth-order valence-corrected chi connectivity index (χ4v) is 4.48. The average Bonchev–Trinajstić information content (AvgIpc) is 3.49. The van der Waals surface area contributed by atoms with Gasteiger partial charge >= 0.3 is 0 Å². The number of nitrogens with zero attached hydrogens (tertiary/aromatic N) is 3. The molecule has 0 aliphatic carbocycles. The van der Waals surface area contributed by atoms with Crippen LogP contribution in [-0.2, 0) is 11.3 Å². The van der Waals surface area contributed by atoms with Gasteiger partial charge in [0.15, 0.2) is 0 Å². The first kappa shape index (κ1) is 20.9. The third kappa shape index (κ3) is 4.39. The van der Waals surface area contributed by atoms with Crippen LogP contribution in [0.25, 0.3) is 15.9 Å². The molecule has 3 heterocycles. The Kier molecular flexibility index (Phi) is 5.90. The van der Waals surface area contributed by atoms with Gasteiger partial charge < -0.3 is 14.6 Å². The number of benzene rings is 1. The number of fused-ring (bicyclic) bond motifs is 1. The highest BCUT2D eigenvalue weighted by molar-refractivity contribution is 7.20. The van der Waals surface area contributed by atoms with Crippen molar-refractivity contribution in [2.24, 2.45) is 0 Å². The van der Waals surface area contributed by atoms with Crippen molar-refractivity contribution in [3.05, 3.63) is 71.1 Å². The molecule has 4 aromatic rings. The number of amides is 2. The first-order chi connectivity index (χ1) is 14.9. The molecule has 0 saturated carbocycles. The second-order valence-electron chi connectivity index (χ2n) is 7.55. The predicted molar refractivity (Wildman–Crippen MR) is 120 cm³/mol. The Bertz CT molecular complexity index is 1190. The Morgan fingerprint density at radius 2 is 1.97 bits per heavy atom. The summed E-state index contributed by atoms with van der Waals surface area (Å²) in [4.78, 5) is 28.8. The summed E-state index contributed by atoms with van der Waals surface area (Å²) in [6.07, 6.45) is 1.56. The van der Waals surface area contributed by atoms with Gasteiger partial charge in [0.2, 0.25) is 5.91 Å². The molecular formula is C23H24N4O3S. The van der Waals surface area contributed by atoms with Crippen LogP contribution in [0.2, 0.25) is 0 Å². The van der Waals surface area contributed by atoms with Crippen LogP contribution in [0.3, 0.4) is 0 Å². The molecule has 7 nitrogen and oxygen atoms in total. The quantitative estimate of drug-likeness (QED) is 0.472. The van der Waals surface area contributed by atoms with Crippen molar-refractivity contribution in [1.29, 1.82) is 0 Å². The smallest absolute Gasteiger partial charge is 0.264 e. The highest BCUT2D eigenvalue weighted by atomic mass is 32.1. The molecule has 31 heavy (non-hydrogen) atoms. The second-order valence-corrected chi connectivity index (χ2v) is 8.58. The third-order valence-electron chi connectivity index (χ3n) is 4.99. The van der Waals surface area contributed by atoms with E-state index in [1.54, 1.807) is 23.3 Å². The molecule has 0 aliphatic rings. The summed E-state index contributed by atoms with van der Waals surface area (Å²) < 4.78 is 7.10. The zero-order valence-electron chi connectivity index (χ0n) is 17.7. The Morgan fingerprint density at radius 1 is 1.19 bits per heavy atom. The van der Waals surface area contributed by atoms with Gasteiger partial charge in [0.1, 0.15) is 17.1 Å². The number of aromatic nitrogens is 2. The van der Waals surface area contributed by atoms with E-state index in [0.717, 1.165) is 21.6 Å². The molecule has 0 radical (unpaired) electrons. The topological polar surface area (TPSA) is 80.4 Å². The molecule has 0 bridgehead atoms. The average molecular weight is 437 g/mol. The van der Waals surface area contributed by atoms with E-state index >= 15 is 0 Å². The van der Waals surface area contributed by atoms with Crippen molar-refractivity contribution in [3.8, 4) is 5.69 Å². The molecule has 0 saturated heterocycles. The van der Waals surface area contributed by atoms with Gasteiger partial charge in [-0.1, -0.05) is 18.2 Å².